The van der Waals surface area contributed by atoms with Gasteiger partial charge in [-0.3, -0.25) is 0 Å². The van der Waals surface area contributed by atoms with E-state index in [9.17, 15) is 0 Å². The smallest absolute Gasteiger partial charge is 0.237 e. The maximum Gasteiger partial charge on any atom is 0.237 e. The van der Waals surface area contributed by atoms with E-state index in [1.807, 2.05) is 25.9 Å². The van der Waals surface area contributed by atoms with E-state index in [0.717, 1.165) is 52.2 Å². The van der Waals surface area contributed by atoms with Crippen molar-refractivity contribution in [1.29, 1.82) is 0 Å². The molecule has 148 valence electrons. The number of anilines is 1. The van der Waals surface area contributed by atoms with Gasteiger partial charge in [0.1, 0.15) is 11.5 Å². The van der Waals surface area contributed by atoms with Crippen molar-refractivity contribution >= 4 is 21.7 Å². The Balaban J connectivity index is 2.59. The second kappa shape index (κ2) is 9.46. The zero-order valence-electron chi connectivity index (χ0n) is 17.1. The fraction of sp³-hybridized carbons (Fsp3) is 0.550. The summed E-state index contributed by atoms with van der Waals surface area (Å²) in [7, 11) is 3.94. The first-order valence-electron chi connectivity index (χ1n) is 9.47. The van der Waals surface area contributed by atoms with Crippen LogP contribution in [0.3, 0.4) is 0 Å². The van der Waals surface area contributed by atoms with Crippen molar-refractivity contribution in [3.05, 3.63) is 27.6 Å². The van der Waals surface area contributed by atoms with Crippen LogP contribution in [0.15, 0.2) is 10.5 Å². The highest BCUT2D eigenvalue weighted by molar-refractivity contribution is 9.10. The molecule has 27 heavy (non-hydrogen) atoms. The minimum atomic E-state index is 0.122. The fourth-order valence-electron chi connectivity index (χ4n) is 2.91. The molecule has 0 bridgehead atoms. The molecule has 0 radical (unpaired) electrons. The summed E-state index contributed by atoms with van der Waals surface area (Å²) in [6.45, 7) is 8.56. The molecule has 0 aliphatic rings. The Morgan fingerprint density at radius 2 is 1.78 bits per heavy atom. The summed E-state index contributed by atoms with van der Waals surface area (Å²) < 4.78 is 7.01. The van der Waals surface area contributed by atoms with Gasteiger partial charge in [0.2, 0.25) is 5.88 Å². The number of rotatable bonds is 8. The monoisotopic (exact) mass is 435 g/mol. The Hall–Kier alpha value is -1.73. The van der Waals surface area contributed by atoms with Crippen molar-refractivity contribution in [2.45, 2.75) is 59.6 Å². The van der Waals surface area contributed by atoms with Crippen molar-refractivity contribution in [2.24, 2.45) is 5.73 Å². The molecular weight excluding hydrogens is 406 g/mol. The number of nitrogens with zero attached hydrogens (tertiary/aromatic N) is 4. The SMILES string of the molecule is CCc1nc(OC(CC)CC)c(CN)nc1-c1cc(Br)c(N(C)C)nc1C. The van der Waals surface area contributed by atoms with Crippen molar-refractivity contribution in [1.82, 2.24) is 15.0 Å². The van der Waals surface area contributed by atoms with E-state index in [1.54, 1.807) is 0 Å². The number of halogens is 1. The summed E-state index contributed by atoms with van der Waals surface area (Å²) >= 11 is 3.63. The lowest BCUT2D eigenvalue weighted by atomic mass is 10.1. The van der Waals surface area contributed by atoms with Gasteiger partial charge >= 0.3 is 0 Å². The molecule has 0 fully saturated rings. The molecule has 6 nitrogen and oxygen atoms in total. The molecule has 2 heterocycles. The highest BCUT2D eigenvalue weighted by Gasteiger charge is 2.20. The molecule has 7 heteroatoms. The first kappa shape index (κ1) is 21.6. The number of aryl methyl sites for hydroxylation is 2. The topological polar surface area (TPSA) is 77.2 Å². The molecule has 0 unspecified atom stereocenters. The van der Waals surface area contributed by atoms with Crippen LogP contribution in [-0.2, 0) is 13.0 Å². The molecule has 0 aliphatic heterocycles. The number of ether oxygens (including phenoxy) is 1. The average Bonchev–Trinajstić information content (AvgIpc) is 2.66. The van der Waals surface area contributed by atoms with Gasteiger partial charge in [-0.1, -0.05) is 20.8 Å². The molecular formula is C20H30BrN5O. The molecule has 0 spiro atoms. The average molecular weight is 436 g/mol. The van der Waals surface area contributed by atoms with Gasteiger partial charge in [0.15, 0.2) is 0 Å². The number of nitrogens with two attached hydrogens (primary N) is 1. The van der Waals surface area contributed by atoms with Gasteiger partial charge in [0.05, 0.1) is 22.0 Å². The van der Waals surface area contributed by atoms with E-state index in [-0.39, 0.29) is 12.6 Å². The molecule has 0 saturated carbocycles. The number of hydrogen-bond acceptors (Lipinski definition) is 6. The van der Waals surface area contributed by atoms with Gasteiger partial charge in [0, 0.05) is 31.9 Å². The predicted octanol–water partition coefficient (Wildman–Crippen LogP) is 4.26. The molecule has 0 amide bonds. The Labute approximate surface area is 170 Å². The van der Waals surface area contributed by atoms with Crippen molar-refractivity contribution in [3.63, 3.8) is 0 Å². The van der Waals surface area contributed by atoms with Gasteiger partial charge in [-0.05, 0) is 48.2 Å². The minimum absolute atomic E-state index is 0.122. The first-order chi connectivity index (χ1) is 12.9. The first-order valence-corrected chi connectivity index (χ1v) is 10.3. The van der Waals surface area contributed by atoms with E-state index < -0.39 is 0 Å². The zero-order chi connectivity index (χ0) is 20.1. The maximum absolute atomic E-state index is 6.09. The molecule has 0 saturated heterocycles. The molecule has 0 aliphatic carbocycles. The zero-order valence-corrected chi connectivity index (χ0v) is 18.7. The second-order valence-electron chi connectivity index (χ2n) is 6.71. The van der Waals surface area contributed by atoms with Crippen LogP contribution in [0, 0.1) is 6.92 Å². The Bertz CT molecular complexity index is 790. The summed E-state index contributed by atoms with van der Waals surface area (Å²) in [5.41, 5.74) is 10.2. The van der Waals surface area contributed by atoms with E-state index in [4.69, 9.17) is 25.4 Å². The summed E-state index contributed by atoms with van der Waals surface area (Å²) in [6, 6.07) is 2.06. The lowest BCUT2D eigenvalue weighted by Crippen LogP contribution is -2.18. The van der Waals surface area contributed by atoms with E-state index in [2.05, 4.69) is 42.8 Å². The largest absolute Gasteiger partial charge is 0.473 e. The molecule has 2 aromatic rings. The highest BCUT2D eigenvalue weighted by Crippen LogP contribution is 2.33. The normalized spacial score (nSPS) is 11.1. The van der Waals surface area contributed by atoms with Gasteiger partial charge in [0.25, 0.3) is 0 Å². The van der Waals surface area contributed by atoms with Crippen LogP contribution in [0.25, 0.3) is 11.3 Å². The maximum atomic E-state index is 6.09. The van der Waals surface area contributed by atoms with Crippen molar-refractivity contribution in [2.75, 3.05) is 19.0 Å². The predicted molar refractivity (Wildman–Crippen MR) is 114 cm³/mol. The summed E-state index contributed by atoms with van der Waals surface area (Å²) in [5, 5.41) is 0. The van der Waals surface area contributed by atoms with Gasteiger partial charge in [-0.15, -0.1) is 0 Å². The van der Waals surface area contributed by atoms with Crippen molar-refractivity contribution in [3.8, 4) is 17.1 Å². The van der Waals surface area contributed by atoms with Crippen LogP contribution in [0.5, 0.6) is 5.88 Å². The molecule has 2 aromatic heterocycles. The Morgan fingerprint density at radius 3 is 2.30 bits per heavy atom. The van der Waals surface area contributed by atoms with Crippen LogP contribution in [0.1, 0.15) is 50.7 Å². The van der Waals surface area contributed by atoms with Crippen LogP contribution < -0.4 is 15.4 Å². The molecule has 0 aromatic carbocycles. The fourth-order valence-corrected chi connectivity index (χ4v) is 3.58. The van der Waals surface area contributed by atoms with Crippen LogP contribution in [0.2, 0.25) is 0 Å². The van der Waals surface area contributed by atoms with Crippen LogP contribution in [-0.4, -0.2) is 35.2 Å². The van der Waals surface area contributed by atoms with E-state index >= 15 is 0 Å². The third-order valence-corrected chi connectivity index (χ3v) is 5.13. The summed E-state index contributed by atoms with van der Waals surface area (Å²) in [5.74, 6) is 1.44. The Morgan fingerprint density at radius 1 is 1.11 bits per heavy atom. The summed E-state index contributed by atoms with van der Waals surface area (Å²) in [4.78, 5) is 16.3. The molecule has 0 atom stereocenters. The lowest BCUT2D eigenvalue weighted by Gasteiger charge is -2.20. The number of hydrogen-bond donors (Lipinski definition) is 1. The van der Waals surface area contributed by atoms with Crippen LogP contribution in [0.4, 0.5) is 5.82 Å². The minimum Gasteiger partial charge on any atom is -0.473 e. The third-order valence-electron chi connectivity index (χ3n) is 4.55. The highest BCUT2D eigenvalue weighted by atomic mass is 79.9. The Kier molecular flexibility index (Phi) is 7.56. The van der Waals surface area contributed by atoms with Crippen molar-refractivity contribution < 1.29 is 4.74 Å². The number of aromatic nitrogens is 3. The molecule has 2 N–H and O–H groups in total. The van der Waals surface area contributed by atoms with E-state index in [0.29, 0.717) is 11.6 Å². The van der Waals surface area contributed by atoms with Gasteiger partial charge in [-0.25, -0.2) is 15.0 Å². The van der Waals surface area contributed by atoms with Gasteiger partial charge < -0.3 is 15.4 Å². The van der Waals surface area contributed by atoms with E-state index in [1.165, 1.54) is 0 Å². The molecule has 2 rings (SSSR count). The number of pyridine rings is 1. The van der Waals surface area contributed by atoms with Crippen LogP contribution >= 0.6 is 15.9 Å². The standard InChI is InChI=1S/C20H30BrN5O/c1-7-13(8-2)27-20-17(11-22)24-18(16(9-3)25-20)14-10-15(21)19(26(5)6)23-12(14)4/h10,13H,7-9,11,22H2,1-6H3. The van der Waals surface area contributed by atoms with Gasteiger partial charge in [-0.2, -0.15) is 0 Å². The lowest BCUT2D eigenvalue weighted by molar-refractivity contribution is 0.181. The quantitative estimate of drug-likeness (QED) is 0.666. The third kappa shape index (κ3) is 4.76. The summed E-state index contributed by atoms with van der Waals surface area (Å²) in [6.07, 6.45) is 2.72. The second-order valence-corrected chi connectivity index (χ2v) is 7.56.